The third-order valence-electron chi connectivity index (χ3n) is 4.05. The Kier molecular flexibility index (Phi) is 4.22. The van der Waals surface area contributed by atoms with Crippen LogP contribution in [-0.2, 0) is 9.59 Å². The summed E-state index contributed by atoms with van der Waals surface area (Å²) in [6.07, 6.45) is 4.16. The third kappa shape index (κ3) is 2.83. The van der Waals surface area contributed by atoms with Gasteiger partial charge in [-0.15, -0.1) is 0 Å². The van der Waals surface area contributed by atoms with Gasteiger partial charge in [-0.3, -0.25) is 9.59 Å². The zero-order valence-electron chi connectivity index (χ0n) is 11.1. The number of rotatable bonds is 4. The summed E-state index contributed by atoms with van der Waals surface area (Å²) >= 11 is 0. The molecule has 2 rings (SSSR count). The van der Waals surface area contributed by atoms with Gasteiger partial charge in [0.2, 0.25) is 11.8 Å². The number of carbonyl (C=O) groups is 2. The van der Waals surface area contributed by atoms with Crippen LogP contribution >= 0.6 is 0 Å². The van der Waals surface area contributed by atoms with Crippen molar-refractivity contribution < 1.29 is 9.59 Å². The normalized spacial score (nSPS) is 32.1. The van der Waals surface area contributed by atoms with Crippen LogP contribution in [0.2, 0.25) is 0 Å². The van der Waals surface area contributed by atoms with E-state index in [0.717, 1.165) is 38.8 Å². The number of nitrogens with one attached hydrogen (secondary N) is 3. The molecule has 2 atom stereocenters. The minimum atomic E-state index is -0.226. The monoisotopic (exact) mass is 253 g/mol. The van der Waals surface area contributed by atoms with Crippen molar-refractivity contribution >= 4 is 11.8 Å². The van der Waals surface area contributed by atoms with E-state index in [9.17, 15) is 9.59 Å². The van der Waals surface area contributed by atoms with Gasteiger partial charge >= 0.3 is 0 Å². The lowest BCUT2D eigenvalue weighted by Crippen LogP contribution is -2.52. The van der Waals surface area contributed by atoms with Gasteiger partial charge in [0.25, 0.3) is 0 Å². The number of hydrogen-bond acceptors (Lipinski definition) is 3. The summed E-state index contributed by atoms with van der Waals surface area (Å²) in [5.41, 5.74) is -0.226. The topological polar surface area (TPSA) is 70.2 Å². The Morgan fingerprint density at radius 1 is 1.56 bits per heavy atom. The Morgan fingerprint density at radius 2 is 2.39 bits per heavy atom. The molecule has 102 valence electrons. The van der Waals surface area contributed by atoms with Crippen molar-refractivity contribution in [1.82, 2.24) is 16.0 Å². The Balaban J connectivity index is 1.91. The van der Waals surface area contributed by atoms with E-state index in [0.29, 0.717) is 13.0 Å². The minimum Gasteiger partial charge on any atom is -0.354 e. The molecule has 3 N–H and O–H groups in total. The van der Waals surface area contributed by atoms with Gasteiger partial charge in [-0.1, -0.05) is 13.3 Å². The lowest BCUT2D eigenvalue weighted by Gasteiger charge is -2.31. The van der Waals surface area contributed by atoms with E-state index in [1.54, 1.807) is 0 Å². The average Bonchev–Trinajstić information content (AvgIpc) is 2.82. The molecule has 2 amide bonds. The predicted molar refractivity (Wildman–Crippen MR) is 69.0 cm³/mol. The second-order valence-corrected chi connectivity index (χ2v) is 5.47. The highest BCUT2D eigenvalue weighted by Gasteiger charge is 2.41. The van der Waals surface area contributed by atoms with Crippen LogP contribution in [0, 0.1) is 5.41 Å². The molecule has 0 aromatic carbocycles. The first-order valence-electron chi connectivity index (χ1n) is 6.95. The van der Waals surface area contributed by atoms with Crippen molar-refractivity contribution in [2.45, 2.75) is 45.1 Å². The molecule has 0 aromatic heterocycles. The molecule has 2 aliphatic heterocycles. The van der Waals surface area contributed by atoms with Crippen LogP contribution < -0.4 is 16.0 Å². The highest BCUT2D eigenvalue weighted by molar-refractivity contribution is 5.84. The molecular weight excluding hydrogens is 230 g/mol. The fourth-order valence-corrected chi connectivity index (χ4v) is 2.94. The van der Waals surface area contributed by atoms with E-state index in [1.807, 2.05) is 0 Å². The van der Waals surface area contributed by atoms with Crippen molar-refractivity contribution in [3.8, 4) is 0 Å². The van der Waals surface area contributed by atoms with Gasteiger partial charge in [0, 0.05) is 25.6 Å². The zero-order valence-corrected chi connectivity index (χ0v) is 11.1. The molecule has 2 unspecified atom stereocenters. The van der Waals surface area contributed by atoms with E-state index in [-0.39, 0.29) is 23.3 Å². The Labute approximate surface area is 108 Å². The molecular formula is C13H23N3O2. The van der Waals surface area contributed by atoms with Crippen molar-refractivity contribution in [3.05, 3.63) is 0 Å². The van der Waals surface area contributed by atoms with Crippen LogP contribution in [0.3, 0.4) is 0 Å². The van der Waals surface area contributed by atoms with E-state index in [1.165, 1.54) is 0 Å². The molecule has 5 heteroatoms. The first-order chi connectivity index (χ1) is 8.66. The highest BCUT2D eigenvalue weighted by atomic mass is 16.2. The number of piperidine rings is 1. The summed E-state index contributed by atoms with van der Waals surface area (Å²) in [6.45, 7) is 4.40. The largest absolute Gasteiger partial charge is 0.354 e. The van der Waals surface area contributed by atoms with Gasteiger partial charge in [0.15, 0.2) is 0 Å². The van der Waals surface area contributed by atoms with Gasteiger partial charge in [-0.05, 0) is 25.8 Å². The summed E-state index contributed by atoms with van der Waals surface area (Å²) in [5, 5.41) is 9.21. The minimum absolute atomic E-state index is 0.0892. The second kappa shape index (κ2) is 5.69. The quantitative estimate of drug-likeness (QED) is 0.668. The third-order valence-corrected chi connectivity index (χ3v) is 4.05. The second-order valence-electron chi connectivity index (χ2n) is 5.47. The van der Waals surface area contributed by atoms with Crippen LogP contribution in [0.5, 0.6) is 0 Å². The average molecular weight is 253 g/mol. The summed E-state index contributed by atoms with van der Waals surface area (Å²) in [7, 11) is 0. The van der Waals surface area contributed by atoms with Gasteiger partial charge in [-0.25, -0.2) is 0 Å². The van der Waals surface area contributed by atoms with Gasteiger partial charge in [-0.2, -0.15) is 0 Å². The molecule has 2 heterocycles. The van der Waals surface area contributed by atoms with E-state index < -0.39 is 0 Å². The van der Waals surface area contributed by atoms with Crippen LogP contribution in [0.25, 0.3) is 0 Å². The molecule has 0 radical (unpaired) electrons. The Morgan fingerprint density at radius 3 is 2.94 bits per heavy atom. The maximum Gasteiger partial charge on any atom is 0.227 e. The molecule has 2 saturated heterocycles. The fourth-order valence-electron chi connectivity index (χ4n) is 2.94. The molecule has 0 saturated carbocycles. The molecule has 0 aliphatic carbocycles. The van der Waals surface area contributed by atoms with Gasteiger partial charge < -0.3 is 16.0 Å². The summed E-state index contributed by atoms with van der Waals surface area (Å²) < 4.78 is 0. The summed E-state index contributed by atoms with van der Waals surface area (Å²) in [4.78, 5) is 23.5. The molecule has 0 spiro atoms. The number of carbonyl (C=O) groups excluding carboxylic acids is 2. The lowest BCUT2D eigenvalue weighted by atomic mass is 9.81. The predicted octanol–water partition coefficient (Wildman–Crippen LogP) is 0.161. The molecule has 18 heavy (non-hydrogen) atoms. The molecule has 0 aromatic rings. The van der Waals surface area contributed by atoms with Crippen LogP contribution in [0.1, 0.15) is 39.0 Å². The van der Waals surface area contributed by atoms with Crippen molar-refractivity contribution in [2.75, 3.05) is 19.6 Å². The van der Waals surface area contributed by atoms with Crippen LogP contribution in [0.4, 0.5) is 0 Å². The first-order valence-corrected chi connectivity index (χ1v) is 6.95. The molecule has 0 bridgehead atoms. The first kappa shape index (κ1) is 13.3. The smallest absolute Gasteiger partial charge is 0.227 e. The van der Waals surface area contributed by atoms with Crippen LogP contribution in [-0.4, -0.2) is 37.5 Å². The van der Waals surface area contributed by atoms with Crippen molar-refractivity contribution in [1.29, 1.82) is 0 Å². The van der Waals surface area contributed by atoms with E-state index >= 15 is 0 Å². The molecule has 2 aliphatic rings. The van der Waals surface area contributed by atoms with Gasteiger partial charge in [0.05, 0.1) is 5.41 Å². The van der Waals surface area contributed by atoms with Gasteiger partial charge in [0.1, 0.15) is 0 Å². The highest BCUT2D eigenvalue weighted by Crippen LogP contribution is 2.31. The zero-order chi connectivity index (χ0) is 13.0. The van der Waals surface area contributed by atoms with Crippen molar-refractivity contribution in [3.63, 3.8) is 0 Å². The number of amides is 2. The SMILES string of the molecule is CCCC1(C(=O)NC2CCC(=O)NC2)CCNC1. The maximum absolute atomic E-state index is 12.4. The maximum atomic E-state index is 12.4. The van der Waals surface area contributed by atoms with Crippen LogP contribution in [0.15, 0.2) is 0 Å². The Hall–Kier alpha value is -1.10. The van der Waals surface area contributed by atoms with E-state index in [2.05, 4.69) is 22.9 Å². The summed E-state index contributed by atoms with van der Waals surface area (Å²) in [5.74, 6) is 0.252. The Bertz CT molecular complexity index is 314. The van der Waals surface area contributed by atoms with Crippen molar-refractivity contribution in [2.24, 2.45) is 5.41 Å². The molecule has 2 fully saturated rings. The number of hydrogen-bond donors (Lipinski definition) is 3. The summed E-state index contributed by atoms with van der Waals surface area (Å²) in [6, 6.07) is 0.101. The van der Waals surface area contributed by atoms with E-state index in [4.69, 9.17) is 0 Å². The fraction of sp³-hybridized carbons (Fsp3) is 0.846. The lowest BCUT2D eigenvalue weighted by molar-refractivity contribution is -0.132. The molecule has 5 nitrogen and oxygen atoms in total. The standard InChI is InChI=1S/C13H23N3O2/c1-2-5-13(6-7-14-9-13)12(18)16-10-3-4-11(17)15-8-10/h10,14H,2-9H2,1H3,(H,15,17)(H,16,18).